The van der Waals surface area contributed by atoms with E-state index >= 15 is 0 Å². The number of carbonyl (C=O) groups is 2. The lowest BCUT2D eigenvalue weighted by Gasteiger charge is -2.15. The van der Waals surface area contributed by atoms with Gasteiger partial charge in [0, 0.05) is 37.5 Å². The highest BCUT2D eigenvalue weighted by atomic mass is 16.2. The second kappa shape index (κ2) is 6.80. The van der Waals surface area contributed by atoms with E-state index in [1.54, 1.807) is 35.2 Å². The lowest BCUT2D eigenvalue weighted by molar-refractivity contribution is -0.117. The molecule has 1 saturated heterocycles. The second-order valence-electron chi connectivity index (χ2n) is 6.06. The van der Waals surface area contributed by atoms with Crippen LogP contribution in [0.15, 0.2) is 40.1 Å². The number of rotatable bonds is 4. The highest BCUT2D eigenvalue weighted by molar-refractivity contribution is 5.98. The fourth-order valence-electron chi connectivity index (χ4n) is 2.93. The van der Waals surface area contributed by atoms with Gasteiger partial charge in [0.15, 0.2) is 5.78 Å². The number of anilines is 1. The molecule has 1 aliphatic rings. The van der Waals surface area contributed by atoms with Crippen LogP contribution in [0.4, 0.5) is 5.69 Å². The quantitative estimate of drug-likeness (QED) is 0.742. The minimum Gasteiger partial charge on any atom is -0.312 e. The van der Waals surface area contributed by atoms with Crippen LogP contribution in [0.2, 0.25) is 0 Å². The van der Waals surface area contributed by atoms with E-state index in [2.05, 4.69) is 0 Å². The number of hydrogen-bond donors (Lipinski definition) is 0. The van der Waals surface area contributed by atoms with E-state index in [1.807, 2.05) is 0 Å². The Morgan fingerprint density at radius 2 is 1.88 bits per heavy atom. The van der Waals surface area contributed by atoms with Crippen LogP contribution in [0, 0.1) is 11.3 Å². The van der Waals surface area contributed by atoms with Gasteiger partial charge in [-0.05, 0) is 30.7 Å². The number of ketones is 1. The highest BCUT2D eigenvalue weighted by Gasteiger charge is 2.22. The summed E-state index contributed by atoms with van der Waals surface area (Å²) in [6.07, 6.45) is 2.47. The molecular formula is C18H16N4O4. The topological polar surface area (TPSA) is 105 Å². The van der Waals surface area contributed by atoms with E-state index in [1.165, 1.54) is 7.05 Å². The Labute approximate surface area is 148 Å². The van der Waals surface area contributed by atoms with Crippen LogP contribution in [0.1, 0.15) is 28.8 Å². The van der Waals surface area contributed by atoms with Crippen molar-refractivity contribution in [2.24, 2.45) is 7.05 Å². The third-order valence-corrected chi connectivity index (χ3v) is 4.33. The van der Waals surface area contributed by atoms with E-state index in [4.69, 9.17) is 5.26 Å². The molecule has 1 aromatic heterocycles. The van der Waals surface area contributed by atoms with Gasteiger partial charge in [-0.3, -0.25) is 19.0 Å². The van der Waals surface area contributed by atoms with E-state index in [0.29, 0.717) is 24.2 Å². The van der Waals surface area contributed by atoms with Gasteiger partial charge in [-0.2, -0.15) is 5.26 Å². The first-order chi connectivity index (χ1) is 12.4. The Balaban J connectivity index is 1.87. The standard InChI is InChI=1S/C18H16N4O4/c1-20-10-13(9-19)17(25)22(18(20)26)11-15(23)12-4-6-14(7-5-12)21-8-2-3-16(21)24/h4-7,10H,2-3,8,11H2,1H3. The second-order valence-corrected chi connectivity index (χ2v) is 6.06. The largest absolute Gasteiger partial charge is 0.331 e. The summed E-state index contributed by atoms with van der Waals surface area (Å²) in [6.45, 7) is 0.196. The van der Waals surface area contributed by atoms with Crippen molar-refractivity contribution in [1.29, 1.82) is 5.26 Å². The Morgan fingerprint density at radius 3 is 2.46 bits per heavy atom. The summed E-state index contributed by atoms with van der Waals surface area (Å²) in [5.41, 5.74) is -0.632. The van der Waals surface area contributed by atoms with Crippen molar-refractivity contribution in [3.05, 3.63) is 62.4 Å². The van der Waals surface area contributed by atoms with Crippen LogP contribution in [-0.2, 0) is 18.4 Å². The Kier molecular flexibility index (Phi) is 4.54. The van der Waals surface area contributed by atoms with E-state index in [-0.39, 0.29) is 11.5 Å². The predicted octanol–water partition coefficient (Wildman–Crippen LogP) is 0.428. The summed E-state index contributed by atoms with van der Waals surface area (Å²) in [6, 6.07) is 8.18. The van der Waals surface area contributed by atoms with Gasteiger partial charge in [0.1, 0.15) is 11.6 Å². The summed E-state index contributed by atoms with van der Waals surface area (Å²) >= 11 is 0. The molecule has 132 valence electrons. The van der Waals surface area contributed by atoms with Gasteiger partial charge in [-0.1, -0.05) is 0 Å². The molecule has 2 heterocycles. The van der Waals surface area contributed by atoms with Crippen LogP contribution in [0.25, 0.3) is 0 Å². The van der Waals surface area contributed by atoms with E-state index in [9.17, 15) is 19.2 Å². The molecule has 8 heteroatoms. The molecule has 0 radical (unpaired) electrons. The maximum atomic E-state index is 12.5. The van der Waals surface area contributed by atoms with Crippen molar-refractivity contribution in [1.82, 2.24) is 9.13 Å². The smallest absolute Gasteiger partial charge is 0.312 e. The monoisotopic (exact) mass is 352 g/mol. The molecule has 0 aliphatic carbocycles. The van der Waals surface area contributed by atoms with Crippen LogP contribution >= 0.6 is 0 Å². The summed E-state index contributed by atoms with van der Waals surface area (Å²) in [7, 11) is 1.41. The lowest BCUT2D eigenvalue weighted by Crippen LogP contribution is -2.41. The molecule has 1 amide bonds. The number of nitrogens with zero attached hydrogens (tertiary/aromatic N) is 4. The van der Waals surface area contributed by atoms with Crippen molar-refractivity contribution >= 4 is 17.4 Å². The number of amides is 1. The Bertz CT molecular complexity index is 1040. The van der Waals surface area contributed by atoms with Crippen LogP contribution in [0.3, 0.4) is 0 Å². The summed E-state index contributed by atoms with van der Waals surface area (Å²) in [4.78, 5) is 50.1. The molecule has 8 nitrogen and oxygen atoms in total. The number of carbonyl (C=O) groups excluding carboxylic acids is 2. The average molecular weight is 352 g/mol. The number of benzene rings is 1. The molecule has 0 saturated carbocycles. The first kappa shape index (κ1) is 17.4. The normalized spacial score (nSPS) is 13.7. The maximum absolute atomic E-state index is 12.5. The molecule has 0 N–H and O–H groups in total. The van der Waals surface area contributed by atoms with Gasteiger partial charge in [-0.25, -0.2) is 4.79 Å². The molecule has 0 unspecified atom stereocenters. The first-order valence-corrected chi connectivity index (χ1v) is 8.06. The summed E-state index contributed by atoms with van der Waals surface area (Å²) < 4.78 is 1.84. The number of hydrogen-bond acceptors (Lipinski definition) is 5. The predicted molar refractivity (Wildman–Crippen MR) is 93.0 cm³/mol. The minimum atomic E-state index is -0.789. The van der Waals surface area contributed by atoms with Gasteiger partial charge >= 0.3 is 5.69 Å². The minimum absolute atomic E-state index is 0.0486. The summed E-state index contributed by atoms with van der Waals surface area (Å²) in [5, 5.41) is 8.97. The van der Waals surface area contributed by atoms with E-state index < -0.39 is 23.6 Å². The zero-order valence-electron chi connectivity index (χ0n) is 14.1. The fourth-order valence-corrected chi connectivity index (χ4v) is 2.93. The average Bonchev–Trinajstić information content (AvgIpc) is 3.07. The number of aryl methyl sites for hydroxylation is 1. The maximum Gasteiger partial charge on any atom is 0.331 e. The SMILES string of the molecule is Cn1cc(C#N)c(=O)n(CC(=O)c2ccc(N3CCCC3=O)cc2)c1=O. The van der Waals surface area contributed by atoms with Gasteiger partial charge in [0.2, 0.25) is 5.91 Å². The van der Waals surface area contributed by atoms with Crippen molar-refractivity contribution in [3.8, 4) is 6.07 Å². The van der Waals surface area contributed by atoms with Crippen LogP contribution in [-0.4, -0.2) is 27.4 Å². The van der Waals surface area contributed by atoms with E-state index in [0.717, 1.165) is 21.8 Å². The van der Waals surface area contributed by atoms with Crippen LogP contribution in [0.5, 0.6) is 0 Å². The third kappa shape index (κ3) is 3.07. The Morgan fingerprint density at radius 1 is 1.19 bits per heavy atom. The zero-order valence-corrected chi connectivity index (χ0v) is 14.1. The molecule has 1 fully saturated rings. The first-order valence-electron chi connectivity index (χ1n) is 8.06. The van der Waals surface area contributed by atoms with Gasteiger partial charge in [0.05, 0.1) is 6.54 Å². The molecule has 0 spiro atoms. The molecule has 0 bridgehead atoms. The van der Waals surface area contributed by atoms with Gasteiger partial charge in [-0.15, -0.1) is 0 Å². The molecule has 1 aromatic carbocycles. The molecule has 1 aliphatic heterocycles. The molecule has 2 aromatic rings. The van der Waals surface area contributed by atoms with Gasteiger partial charge in [0.25, 0.3) is 5.56 Å². The lowest BCUT2D eigenvalue weighted by atomic mass is 10.1. The Hall–Kier alpha value is -3.47. The molecule has 0 atom stereocenters. The zero-order chi connectivity index (χ0) is 18.8. The van der Waals surface area contributed by atoms with Crippen molar-refractivity contribution < 1.29 is 9.59 Å². The highest BCUT2D eigenvalue weighted by Crippen LogP contribution is 2.21. The van der Waals surface area contributed by atoms with Crippen molar-refractivity contribution in [2.45, 2.75) is 19.4 Å². The van der Waals surface area contributed by atoms with Crippen molar-refractivity contribution in [3.63, 3.8) is 0 Å². The number of nitriles is 1. The molecule has 3 rings (SSSR count). The molecule has 26 heavy (non-hydrogen) atoms. The third-order valence-electron chi connectivity index (χ3n) is 4.33. The number of aromatic nitrogens is 2. The van der Waals surface area contributed by atoms with Crippen molar-refractivity contribution in [2.75, 3.05) is 11.4 Å². The van der Waals surface area contributed by atoms with Gasteiger partial charge < -0.3 is 9.47 Å². The molecular weight excluding hydrogens is 336 g/mol. The summed E-state index contributed by atoms with van der Waals surface area (Å²) in [5.74, 6) is -0.383. The van der Waals surface area contributed by atoms with Crippen LogP contribution < -0.4 is 16.1 Å². The fraction of sp³-hybridized carbons (Fsp3) is 0.278. The number of Topliss-reactive ketones (excluding diaryl/α,β-unsaturated/α-hetero) is 1.